The standard InChI is InChI=1S/C15H16N4O5/c1-17-12(20)10(9-16-15(17)23)13(21)18-4-6-19(7-5-18)14(22)11-3-2-8-24-11/h2-3,8-9H,4-7H2,1H3,(H,16,23). The molecular weight excluding hydrogens is 316 g/mol. The molecule has 0 saturated carbocycles. The van der Waals surface area contributed by atoms with Crippen molar-refractivity contribution in [1.82, 2.24) is 19.4 Å². The molecule has 1 saturated heterocycles. The van der Waals surface area contributed by atoms with Crippen LogP contribution in [0.4, 0.5) is 0 Å². The number of rotatable bonds is 2. The molecule has 1 aliphatic rings. The lowest BCUT2D eigenvalue weighted by molar-refractivity contribution is 0.0516. The van der Waals surface area contributed by atoms with Crippen LogP contribution in [0.2, 0.25) is 0 Å². The van der Waals surface area contributed by atoms with Crippen LogP contribution in [-0.2, 0) is 7.05 Å². The highest BCUT2D eigenvalue weighted by Crippen LogP contribution is 2.10. The average molecular weight is 332 g/mol. The van der Waals surface area contributed by atoms with Gasteiger partial charge in [-0.2, -0.15) is 0 Å². The normalized spacial score (nSPS) is 14.7. The van der Waals surface area contributed by atoms with Crippen molar-refractivity contribution < 1.29 is 14.0 Å². The van der Waals surface area contributed by atoms with E-state index in [9.17, 15) is 19.2 Å². The number of nitrogens with one attached hydrogen (secondary N) is 1. The van der Waals surface area contributed by atoms with Gasteiger partial charge in [-0.3, -0.25) is 19.0 Å². The molecule has 0 aromatic carbocycles. The number of carbonyl (C=O) groups excluding carboxylic acids is 2. The Kier molecular flexibility index (Phi) is 4.07. The highest BCUT2D eigenvalue weighted by molar-refractivity contribution is 5.94. The van der Waals surface area contributed by atoms with Gasteiger partial charge >= 0.3 is 5.69 Å². The fourth-order valence-electron chi connectivity index (χ4n) is 2.56. The van der Waals surface area contributed by atoms with Gasteiger partial charge in [0.15, 0.2) is 5.76 Å². The summed E-state index contributed by atoms with van der Waals surface area (Å²) in [5.41, 5.74) is -1.31. The van der Waals surface area contributed by atoms with Crippen LogP contribution in [0.3, 0.4) is 0 Å². The Morgan fingerprint density at radius 1 is 1.08 bits per heavy atom. The molecule has 0 unspecified atom stereocenters. The number of carbonyl (C=O) groups is 2. The molecule has 1 aliphatic heterocycles. The second-order valence-electron chi connectivity index (χ2n) is 5.43. The maximum Gasteiger partial charge on any atom is 0.328 e. The molecular formula is C15H16N4O5. The van der Waals surface area contributed by atoms with Crippen molar-refractivity contribution in [3.8, 4) is 0 Å². The van der Waals surface area contributed by atoms with Crippen molar-refractivity contribution >= 4 is 11.8 Å². The molecule has 0 atom stereocenters. The zero-order valence-corrected chi connectivity index (χ0v) is 13.0. The lowest BCUT2D eigenvalue weighted by Crippen LogP contribution is -2.51. The molecule has 0 spiro atoms. The molecule has 2 aromatic rings. The number of hydrogen-bond acceptors (Lipinski definition) is 5. The monoisotopic (exact) mass is 332 g/mol. The molecule has 126 valence electrons. The molecule has 1 N–H and O–H groups in total. The van der Waals surface area contributed by atoms with Crippen LogP contribution in [0, 0.1) is 0 Å². The van der Waals surface area contributed by atoms with Gasteiger partial charge in [0.1, 0.15) is 5.56 Å². The van der Waals surface area contributed by atoms with E-state index >= 15 is 0 Å². The minimum atomic E-state index is -0.641. The highest BCUT2D eigenvalue weighted by Gasteiger charge is 2.28. The number of piperazine rings is 1. The van der Waals surface area contributed by atoms with Crippen molar-refractivity contribution in [1.29, 1.82) is 0 Å². The van der Waals surface area contributed by atoms with Crippen LogP contribution in [0.5, 0.6) is 0 Å². The maximum absolute atomic E-state index is 12.5. The molecule has 9 nitrogen and oxygen atoms in total. The van der Waals surface area contributed by atoms with E-state index in [-0.39, 0.29) is 17.2 Å². The lowest BCUT2D eigenvalue weighted by atomic mass is 10.2. The van der Waals surface area contributed by atoms with Crippen LogP contribution < -0.4 is 11.2 Å². The number of aromatic amines is 1. The van der Waals surface area contributed by atoms with Crippen LogP contribution in [0.25, 0.3) is 0 Å². The molecule has 3 rings (SSSR count). The summed E-state index contributed by atoms with van der Waals surface area (Å²) in [5, 5.41) is 0. The highest BCUT2D eigenvalue weighted by atomic mass is 16.3. The van der Waals surface area contributed by atoms with E-state index in [1.54, 1.807) is 17.0 Å². The first-order valence-electron chi connectivity index (χ1n) is 7.40. The van der Waals surface area contributed by atoms with E-state index in [0.29, 0.717) is 26.2 Å². The Morgan fingerprint density at radius 3 is 2.29 bits per heavy atom. The van der Waals surface area contributed by atoms with E-state index in [0.717, 1.165) is 10.8 Å². The Labute approximate surface area is 136 Å². The quantitative estimate of drug-likeness (QED) is 0.779. The molecule has 0 radical (unpaired) electrons. The van der Waals surface area contributed by atoms with E-state index < -0.39 is 17.2 Å². The summed E-state index contributed by atoms with van der Waals surface area (Å²) in [4.78, 5) is 53.4. The van der Waals surface area contributed by atoms with Crippen molar-refractivity contribution in [3.05, 3.63) is 56.8 Å². The van der Waals surface area contributed by atoms with Gasteiger partial charge in [0, 0.05) is 39.4 Å². The van der Waals surface area contributed by atoms with Crippen LogP contribution in [0.1, 0.15) is 20.9 Å². The van der Waals surface area contributed by atoms with E-state index in [4.69, 9.17) is 4.42 Å². The SMILES string of the molecule is Cn1c(=O)[nH]cc(C(=O)N2CCN(C(=O)c3ccco3)CC2)c1=O. The van der Waals surface area contributed by atoms with Crippen LogP contribution in [-0.4, -0.2) is 57.3 Å². The van der Waals surface area contributed by atoms with Gasteiger partial charge in [-0.1, -0.05) is 0 Å². The number of amides is 2. The van der Waals surface area contributed by atoms with Crippen LogP contribution in [0.15, 0.2) is 38.6 Å². The van der Waals surface area contributed by atoms with E-state index in [2.05, 4.69) is 4.98 Å². The van der Waals surface area contributed by atoms with Gasteiger partial charge in [-0.05, 0) is 12.1 Å². The minimum absolute atomic E-state index is 0.0945. The van der Waals surface area contributed by atoms with Crippen LogP contribution >= 0.6 is 0 Å². The van der Waals surface area contributed by atoms with Crippen molar-refractivity contribution in [3.63, 3.8) is 0 Å². The predicted octanol–water partition coefficient (Wildman–Crippen LogP) is -0.735. The predicted molar refractivity (Wildman–Crippen MR) is 82.8 cm³/mol. The lowest BCUT2D eigenvalue weighted by Gasteiger charge is -2.34. The smallest absolute Gasteiger partial charge is 0.328 e. The molecule has 24 heavy (non-hydrogen) atoms. The Morgan fingerprint density at radius 2 is 1.71 bits per heavy atom. The molecule has 1 fully saturated rings. The maximum atomic E-state index is 12.5. The van der Waals surface area contributed by atoms with Gasteiger partial charge < -0.3 is 19.2 Å². The van der Waals surface area contributed by atoms with Crippen molar-refractivity contribution in [2.75, 3.05) is 26.2 Å². The van der Waals surface area contributed by atoms with Crippen molar-refractivity contribution in [2.45, 2.75) is 0 Å². The second kappa shape index (κ2) is 6.19. The Hall–Kier alpha value is -3.10. The molecule has 2 amide bonds. The molecule has 9 heteroatoms. The Balaban J connectivity index is 1.70. The summed E-state index contributed by atoms with van der Waals surface area (Å²) >= 11 is 0. The molecule has 0 bridgehead atoms. The van der Waals surface area contributed by atoms with E-state index in [1.807, 2.05) is 0 Å². The number of furan rings is 1. The summed E-state index contributed by atoms with van der Waals surface area (Å²) in [6, 6.07) is 3.23. The molecule has 0 aliphatic carbocycles. The topological polar surface area (TPSA) is 109 Å². The first kappa shape index (κ1) is 15.8. The summed E-state index contributed by atoms with van der Waals surface area (Å²) < 4.78 is 5.93. The largest absolute Gasteiger partial charge is 0.459 e. The van der Waals surface area contributed by atoms with Crippen molar-refractivity contribution in [2.24, 2.45) is 7.05 Å². The number of H-pyrrole nitrogens is 1. The van der Waals surface area contributed by atoms with Gasteiger partial charge in [0.2, 0.25) is 0 Å². The zero-order valence-electron chi connectivity index (χ0n) is 13.0. The fourth-order valence-corrected chi connectivity index (χ4v) is 2.56. The second-order valence-corrected chi connectivity index (χ2v) is 5.43. The zero-order chi connectivity index (χ0) is 17.3. The third-order valence-electron chi connectivity index (χ3n) is 4.00. The van der Waals surface area contributed by atoms with Gasteiger partial charge in [-0.25, -0.2) is 4.79 Å². The fraction of sp³-hybridized carbons (Fsp3) is 0.333. The number of nitrogens with zero attached hydrogens (tertiary/aromatic N) is 3. The van der Waals surface area contributed by atoms with Gasteiger partial charge in [0.25, 0.3) is 17.4 Å². The molecule has 2 aromatic heterocycles. The minimum Gasteiger partial charge on any atom is -0.459 e. The first-order valence-corrected chi connectivity index (χ1v) is 7.40. The summed E-state index contributed by atoms with van der Waals surface area (Å²) in [6.07, 6.45) is 2.56. The summed E-state index contributed by atoms with van der Waals surface area (Å²) in [6.45, 7) is 1.28. The number of hydrogen-bond donors (Lipinski definition) is 1. The molecule has 3 heterocycles. The summed E-state index contributed by atoms with van der Waals surface area (Å²) in [5.74, 6) is -0.437. The number of aromatic nitrogens is 2. The average Bonchev–Trinajstić information content (AvgIpc) is 3.13. The van der Waals surface area contributed by atoms with Gasteiger partial charge in [-0.15, -0.1) is 0 Å². The Bertz CT molecular complexity index is 872. The summed E-state index contributed by atoms with van der Waals surface area (Å²) in [7, 11) is 1.30. The first-order chi connectivity index (χ1) is 11.5. The third-order valence-corrected chi connectivity index (χ3v) is 4.00. The van der Waals surface area contributed by atoms with E-state index in [1.165, 1.54) is 18.2 Å². The van der Waals surface area contributed by atoms with Gasteiger partial charge in [0.05, 0.1) is 6.26 Å². The third kappa shape index (κ3) is 2.75.